The van der Waals surface area contributed by atoms with Crippen LogP contribution in [0.5, 0.6) is 0 Å². The zero-order valence-corrected chi connectivity index (χ0v) is 14.2. The highest BCUT2D eigenvalue weighted by Crippen LogP contribution is 2.33. The molecule has 0 atom stereocenters. The lowest BCUT2D eigenvalue weighted by molar-refractivity contribution is -0.135. The molecule has 5 nitrogen and oxygen atoms in total. The number of rotatable bonds is 15. The molecule has 0 unspecified atom stereocenters. The van der Waals surface area contributed by atoms with Crippen LogP contribution in [-0.4, -0.2) is 44.0 Å². The van der Waals surface area contributed by atoms with Crippen molar-refractivity contribution in [2.75, 3.05) is 33.0 Å². The van der Waals surface area contributed by atoms with E-state index in [1.165, 1.54) is 0 Å². The normalized spacial score (nSPS) is 11.6. The molecule has 0 aliphatic carbocycles. The van der Waals surface area contributed by atoms with E-state index in [2.05, 4.69) is 20.4 Å². The standard InChI is InChI=1S/C17H33NO4/c1-4-6-11-21-13-17(9-8-10-18,15(3)16(19)20)14-22-12-7-5-2/h3-14,18H2,1-2H3,(H,19,20). The lowest BCUT2D eigenvalue weighted by atomic mass is 9.78. The van der Waals surface area contributed by atoms with Crippen LogP contribution in [0.15, 0.2) is 12.2 Å². The molecule has 0 aromatic heterocycles. The van der Waals surface area contributed by atoms with E-state index in [9.17, 15) is 9.90 Å². The number of hydrogen-bond acceptors (Lipinski definition) is 4. The second-order valence-electron chi connectivity index (χ2n) is 5.77. The molecule has 0 aliphatic rings. The average Bonchev–Trinajstić information content (AvgIpc) is 2.51. The van der Waals surface area contributed by atoms with Crippen LogP contribution >= 0.6 is 0 Å². The molecule has 0 fully saturated rings. The van der Waals surface area contributed by atoms with E-state index in [1.54, 1.807) is 0 Å². The summed E-state index contributed by atoms with van der Waals surface area (Å²) in [6.45, 7) is 10.4. The van der Waals surface area contributed by atoms with Crippen molar-refractivity contribution in [3.05, 3.63) is 12.2 Å². The number of carboxylic acid groups (broad SMARTS) is 1. The molecule has 0 aromatic rings. The van der Waals surface area contributed by atoms with Gasteiger partial charge in [-0.3, -0.25) is 0 Å². The number of hydrogen-bond donors (Lipinski definition) is 2. The Hall–Kier alpha value is -0.910. The summed E-state index contributed by atoms with van der Waals surface area (Å²) >= 11 is 0. The van der Waals surface area contributed by atoms with E-state index in [0.717, 1.165) is 32.1 Å². The maximum atomic E-state index is 11.4. The third kappa shape index (κ3) is 7.92. The van der Waals surface area contributed by atoms with Crippen molar-refractivity contribution in [2.24, 2.45) is 11.1 Å². The van der Waals surface area contributed by atoms with E-state index in [1.807, 2.05) is 0 Å². The average molecular weight is 315 g/mol. The quantitative estimate of drug-likeness (QED) is 0.358. The van der Waals surface area contributed by atoms with Gasteiger partial charge >= 0.3 is 5.97 Å². The molecule has 0 saturated carbocycles. The third-order valence-corrected chi connectivity index (χ3v) is 3.80. The zero-order chi connectivity index (χ0) is 16.8. The number of nitrogens with two attached hydrogens (primary N) is 1. The van der Waals surface area contributed by atoms with Crippen LogP contribution in [0.25, 0.3) is 0 Å². The molecule has 0 heterocycles. The Bertz CT molecular complexity index is 306. The molecule has 0 spiro atoms. The maximum Gasteiger partial charge on any atom is 0.331 e. The van der Waals surface area contributed by atoms with Gasteiger partial charge in [0, 0.05) is 24.2 Å². The fraction of sp³-hybridized carbons (Fsp3) is 0.824. The molecule has 0 amide bonds. The molecule has 0 aliphatic heterocycles. The first-order valence-electron chi connectivity index (χ1n) is 8.32. The Morgan fingerprint density at radius 2 is 1.59 bits per heavy atom. The number of ether oxygens (including phenoxy) is 2. The largest absolute Gasteiger partial charge is 0.478 e. The minimum absolute atomic E-state index is 0.161. The van der Waals surface area contributed by atoms with Crippen molar-refractivity contribution < 1.29 is 19.4 Å². The minimum Gasteiger partial charge on any atom is -0.478 e. The van der Waals surface area contributed by atoms with Crippen LogP contribution in [0.1, 0.15) is 52.4 Å². The van der Waals surface area contributed by atoms with Crippen LogP contribution in [0.2, 0.25) is 0 Å². The summed E-state index contributed by atoms with van der Waals surface area (Å²) in [6.07, 6.45) is 5.35. The summed E-state index contributed by atoms with van der Waals surface area (Å²) in [5.74, 6) is -0.991. The van der Waals surface area contributed by atoms with Crippen LogP contribution in [-0.2, 0) is 14.3 Å². The lowest BCUT2D eigenvalue weighted by Crippen LogP contribution is -2.38. The molecule has 5 heteroatoms. The molecule has 3 N–H and O–H groups in total. The third-order valence-electron chi connectivity index (χ3n) is 3.80. The van der Waals surface area contributed by atoms with E-state index >= 15 is 0 Å². The molecule has 0 rings (SSSR count). The summed E-state index contributed by atoms with van der Waals surface area (Å²) in [7, 11) is 0. The molecule has 0 bridgehead atoms. The highest BCUT2D eigenvalue weighted by molar-refractivity contribution is 5.87. The maximum absolute atomic E-state index is 11.4. The predicted octanol–water partition coefficient (Wildman–Crippen LogP) is 2.99. The molecule has 22 heavy (non-hydrogen) atoms. The Kier molecular flexibility index (Phi) is 12.1. The van der Waals surface area contributed by atoms with E-state index < -0.39 is 11.4 Å². The van der Waals surface area contributed by atoms with E-state index in [-0.39, 0.29) is 5.57 Å². The van der Waals surface area contributed by atoms with E-state index in [4.69, 9.17) is 15.2 Å². The van der Waals surface area contributed by atoms with Crippen LogP contribution in [0, 0.1) is 5.41 Å². The fourth-order valence-corrected chi connectivity index (χ4v) is 2.21. The first-order chi connectivity index (χ1) is 10.5. The number of carboxylic acids is 1. The molecule has 0 radical (unpaired) electrons. The van der Waals surface area contributed by atoms with Gasteiger partial charge in [0.05, 0.1) is 13.2 Å². The van der Waals surface area contributed by atoms with Gasteiger partial charge in [0.25, 0.3) is 0 Å². The van der Waals surface area contributed by atoms with Gasteiger partial charge < -0.3 is 20.3 Å². The zero-order valence-electron chi connectivity index (χ0n) is 14.2. The summed E-state index contributed by atoms with van der Waals surface area (Å²) in [5, 5.41) is 9.38. The van der Waals surface area contributed by atoms with Gasteiger partial charge in [-0.05, 0) is 32.2 Å². The summed E-state index contributed by atoms with van der Waals surface area (Å²) in [4.78, 5) is 11.4. The van der Waals surface area contributed by atoms with Crippen molar-refractivity contribution in [1.29, 1.82) is 0 Å². The minimum atomic E-state index is -0.991. The molecule has 0 aromatic carbocycles. The molecular formula is C17H33NO4. The van der Waals surface area contributed by atoms with Gasteiger partial charge in [0.2, 0.25) is 0 Å². The summed E-state index contributed by atoms with van der Waals surface area (Å²) < 4.78 is 11.4. The summed E-state index contributed by atoms with van der Waals surface area (Å²) in [6, 6.07) is 0. The van der Waals surface area contributed by atoms with Crippen molar-refractivity contribution in [3.8, 4) is 0 Å². The SMILES string of the molecule is C=C(C(=O)O)C(CCCN)(COCCCC)COCCCC. The van der Waals surface area contributed by atoms with Crippen LogP contribution < -0.4 is 5.73 Å². The highest BCUT2D eigenvalue weighted by Gasteiger charge is 2.37. The first-order valence-corrected chi connectivity index (χ1v) is 8.32. The second-order valence-corrected chi connectivity index (χ2v) is 5.77. The molecule has 0 saturated heterocycles. The van der Waals surface area contributed by atoms with Gasteiger partial charge in [-0.15, -0.1) is 0 Å². The van der Waals surface area contributed by atoms with Crippen molar-refractivity contribution in [3.63, 3.8) is 0 Å². The monoisotopic (exact) mass is 315 g/mol. The van der Waals surface area contributed by atoms with Crippen molar-refractivity contribution in [2.45, 2.75) is 52.4 Å². The van der Waals surface area contributed by atoms with Crippen LogP contribution in [0.4, 0.5) is 0 Å². The number of carbonyl (C=O) groups is 1. The lowest BCUT2D eigenvalue weighted by Gasteiger charge is -2.33. The van der Waals surface area contributed by atoms with Crippen molar-refractivity contribution in [1.82, 2.24) is 0 Å². The Morgan fingerprint density at radius 3 is 1.95 bits per heavy atom. The van der Waals surface area contributed by atoms with Gasteiger partial charge in [0.1, 0.15) is 0 Å². The van der Waals surface area contributed by atoms with Gasteiger partial charge in [0.15, 0.2) is 0 Å². The smallest absolute Gasteiger partial charge is 0.331 e. The molecule has 130 valence electrons. The number of unbranched alkanes of at least 4 members (excludes halogenated alkanes) is 2. The Balaban J connectivity index is 4.88. The van der Waals surface area contributed by atoms with Gasteiger partial charge in [-0.2, -0.15) is 0 Å². The molecular weight excluding hydrogens is 282 g/mol. The topological polar surface area (TPSA) is 81.8 Å². The van der Waals surface area contributed by atoms with Crippen molar-refractivity contribution >= 4 is 5.97 Å². The van der Waals surface area contributed by atoms with Crippen LogP contribution in [0.3, 0.4) is 0 Å². The summed E-state index contributed by atoms with van der Waals surface area (Å²) in [5.41, 5.74) is 5.08. The highest BCUT2D eigenvalue weighted by atomic mass is 16.5. The first kappa shape index (κ1) is 21.1. The second kappa shape index (κ2) is 12.6. The van der Waals surface area contributed by atoms with Gasteiger partial charge in [-0.25, -0.2) is 4.79 Å². The fourth-order valence-electron chi connectivity index (χ4n) is 2.21. The predicted molar refractivity (Wildman–Crippen MR) is 89.0 cm³/mol. The number of aliphatic carboxylic acids is 1. The van der Waals surface area contributed by atoms with Gasteiger partial charge in [-0.1, -0.05) is 33.3 Å². The Morgan fingerprint density at radius 1 is 1.09 bits per heavy atom. The van der Waals surface area contributed by atoms with E-state index in [0.29, 0.717) is 39.4 Å². The Labute approximate surface area is 134 Å².